The third-order valence-electron chi connectivity index (χ3n) is 2.80. The Morgan fingerprint density at radius 2 is 1.76 bits per heavy atom. The summed E-state index contributed by atoms with van der Waals surface area (Å²) in [5.41, 5.74) is 1.29. The Balaban J connectivity index is 1.89. The van der Waals surface area contributed by atoms with E-state index in [1.165, 1.54) is 6.07 Å². The van der Waals surface area contributed by atoms with Gasteiger partial charge in [-0.3, -0.25) is 0 Å². The fourth-order valence-electron chi connectivity index (χ4n) is 1.80. The van der Waals surface area contributed by atoms with Crippen LogP contribution >= 0.6 is 15.9 Å². The van der Waals surface area contributed by atoms with Crippen molar-refractivity contribution in [3.63, 3.8) is 0 Å². The third kappa shape index (κ3) is 4.23. The highest BCUT2D eigenvalue weighted by Gasteiger charge is 2.10. The molecule has 4 nitrogen and oxygen atoms in total. The molecule has 0 spiro atoms. The van der Waals surface area contributed by atoms with Gasteiger partial charge in [0.1, 0.15) is 30.3 Å². The molecule has 0 radical (unpaired) electrons. The molecule has 110 valence electrons. The first-order valence-electron chi connectivity index (χ1n) is 6.42. The van der Waals surface area contributed by atoms with Crippen molar-refractivity contribution in [2.45, 2.75) is 6.92 Å². The number of hydrogen-bond acceptors (Lipinski definition) is 3. The molecular weight excluding hydrogens is 336 g/mol. The maximum absolute atomic E-state index is 11.0. The Labute approximate surface area is 131 Å². The summed E-state index contributed by atoms with van der Waals surface area (Å²) in [4.78, 5) is 11.0. The molecule has 0 saturated heterocycles. The molecule has 0 amide bonds. The van der Waals surface area contributed by atoms with Gasteiger partial charge >= 0.3 is 5.97 Å². The number of aromatic carboxylic acids is 1. The maximum atomic E-state index is 11.0. The smallest absolute Gasteiger partial charge is 0.339 e. The van der Waals surface area contributed by atoms with E-state index >= 15 is 0 Å². The van der Waals surface area contributed by atoms with Crippen LogP contribution in [0.3, 0.4) is 0 Å². The van der Waals surface area contributed by atoms with Gasteiger partial charge in [0.15, 0.2) is 0 Å². The Morgan fingerprint density at radius 3 is 2.43 bits per heavy atom. The van der Waals surface area contributed by atoms with Gasteiger partial charge in [-0.1, -0.05) is 18.2 Å². The summed E-state index contributed by atoms with van der Waals surface area (Å²) in [5, 5.41) is 9.05. The summed E-state index contributed by atoms with van der Waals surface area (Å²) >= 11 is 3.43. The van der Waals surface area contributed by atoms with E-state index in [0.29, 0.717) is 12.4 Å². The van der Waals surface area contributed by atoms with E-state index in [9.17, 15) is 4.79 Å². The van der Waals surface area contributed by atoms with Gasteiger partial charge in [0, 0.05) is 0 Å². The molecule has 0 heterocycles. The molecule has 1 N–H and O–H groups in total. The largest absolute Gasteiger partial charge is 0.489 e. The van der Waals surface area contributed by atoms with Crippen LogP contribution in [0.15, 0.2) is 46.9 Å². The minimum atomic E-state index is -1.01. The summed E-state index contributed by atoms with van der Waals surface area (Å²) in [6.07, 6.45) is 0. The standard InChI is InChI=1S/C16H15BrO4/c1-11-6-7-15(13(17)10-11)21-9-8-20-14-5-3-2-4-12(14)16(18)19/h2-7,10H,8-9H2,1H3,(H,18,19). The molecule has 5 heteroatoms. The highest BCUT2D eigenvalue weighted by atomic mass is 79.9. The van der Waals surface area contributed by atoms with Gasteiger partial charge < -0.3 is 14.6 Å². The quantitative estimate of drug-likeness (QED) is 0.802. The van der Waals surface area contributed by atoms with E-state index in [2.05, 4.69) is 15.9 Å². The first-order chi connectivity index (χ1) is 10.1. The molecule has 2 aromatic carbocycles. The Morgan fingerprint density at radius 1 is 1.10 bits per heavy atom. The predicted molar refractivity (Wildman–Crippen MR) is 83.3 cm³/mol. The van der Waals surface area contributed by atoms with Crippen LogP contribution < -0.4 is 9.47 Å². The lowest BCUT2D eigenvalue weighted by atomic mass is 10.2. The van der Waals surface area contributed by atoms with Crippen LogP contribution in [-0.2, 0) is 0 Å². The van der Waals surface area contributed by atoms with Crippen molar-refractivity contribution < 1.29 is 19.4 Å². The fraction of sp³-hybridized carbons (Fsp3) is 0.188. The van der Waals surface area contributed by atoms with Crippen molar-refractivity contribution in [1.82, 2.24) is 0 Å². The first kappa shape index (κ1) is 15.4. The van der Waals surface area contributed by atoms with Gasteiger partial charge in [-0.25, -0.2) is 4.79 Å². The normalized spacial score (nSPS) is 10.2. The zero-order chi connectivity index (χ0) is 15.2. The molecule has 0 aliphatic rings. The second-order valence-electron chi connectivity index (χ2n) is 4.43. The van der Waals surface area contributed by atoms with Crippen LogP contribution in [0.2, 0.25) is 0 Å². The van der Waals surface area contributed by atoms with Crippen molar-refractivity contribution in [3.05, 3.63) is 58.1 Å². The molecule has 0 saturated carbocycles. The lowest BCUT2D eigenvalue weighted by molar-refractivity contribution is 0.0691. The van der Waals surface area contributed by atoms with Gasteiger partial charge in [0.25, 0.3) is 0 Å². The third-order valence-corrected chi connectivity index (χ3v) is 3.42. The van der Waals surface area contributed by atoms with Crippen LogP contribution in [0.1, 0.15) is 15.9 Å². The summed E-state index contributed by atoms with van der Waals surface area (Å²) in [6.45, 7) is 2.60. The number of hydrogen-bond donors (Lipinski definition) is 1. The minimum Gasteiger partial charge on any atom is -0.489 e. The van der Waals surface area contributed by atoms with E-state index < -0.39 is 5.97 Å². The van der Waals surface area contributed by atoms with Crippen molar-refractivity contribution in [3.8, 4) is 11.5 Å². The molecule has 0 aliphatic heterocycles. The second kappa shape index (κ2) is 7.13. The van der Waals surface area contributed by atoms with Gasteiger partial charge in [0.05, 0.1) is 4.47 Å². The number of rotatable bonds is 6. The second-order valence-corrected chi connectivity index (χ2v) is 5.29. The number of halogens is 1. The molecule has 0 aromatic heterocycles. The fourth-order valence-corrected chi connectivity index (χ4v) is 2.40. The molecule has 0 fully saturated rings. The summed E-state index contributed by atoms with van der Waals surface area (Å²) in [7, 11) is 0. The average Bonchev–Trinajstić information content (AvgIpc) is 2.45. The van der Waals surface area contributed by atoms with Gasteiger partial charge in [-0.15, -0.1) is 0 Å². The zero-order valence-corrected chi connectivity index (χ0v) is 13.1. The van der Waals surface area contributed by atoms with E-state index in [1.807, 2.05) is 25.1 Å². The number of para-hydroxylation sites is 1. The topological polar surface area (TPSA) is 55.8 Å². The number of ether oxygens (including phenoxy) is 2. The van der Waals surface area contributed by atoms with Crippen molar-refractivity contribution in [1.29, 1.82) is 0 Å². The molecule has 21 heavy (non-hydrogen) atoms. The van der Waals surface area contributed by atoms with E-state index in [0.717, 1.165) is 15.8 Å². The van der Waals surface area contributed by atoms with Crippen LogP contribution in [0.4, 0.5) is 0 Å². The first-order valence-corrected chi connectivity index (χ1v) is 7.21. The molecule has 0 atom stereocenters. The van der Waals surface area contributed by atoms with Gasteiger partial charge in [-0.2, -0.15) is 0 Å². The van der Waals surface area contributed by atoms with Gasteiger partial charge in [-0.05, 0) is 52.7 Å². The van der Waals surface area contributed by atoms with E-state index in [-0.39, 0.29) is 12.2 Å². The lowest BCUT2D eigenvalue weighted by Gasteiger charge is -2.11. The van der Waals surface area contributed by atoms with Crippen molar-refractivity contribution >= 4 is 21.9 Å². The van der Waals surface area contributed by atoms with Crippen LogP contribution in [0, 0.1) is 6.92 Å². The zero-order valence-electron chi connectivity index (χ0n) is 11.5. The van der Waals surface area contributed by atoms with Crippen LogP contribution in [0.5, 0.6) is 11.5 Å². The number of carboxylic acids is 1. The molecule has 0 unspecified atom stereocenters. The minimum absolute atomic E-state index is 0.147. The summed E-state index contributed by atoms with van der Waals surface area (Å²) in [6, 6.07) is 12.3. The monoisotopic (exact) mass is 350 g/mol. The Kier molecular flexibility index (Phi) is 5.22. The number of carboxylic acid groups (broad SMARTS) is 1. The summed E-state index contributed by atoms with van der Waals surface area (Å²) in [5.74, 6) is 0.0695. The number of benzene rings is 2. The van der Waals surface area contributed by atoms with Crippen molar-refractivity contribution in [2.75, 3.05) is 13.2 Å². The molecular formula is C16H15BrO4. The molecule has 0 bridgehead atoms. The van der Waals surface area contributed by atoms with Crippen molar-refractivity contribution in [2.24, 2.45) is 0 Å². The summed E-state index contributed by atoms with van der Waals surface area (Å²) < 4.78 is 11.9. The Hall–Kier alpha value is -2.01. The van der Waals surface area contributed by atoms with E-state index in [4.69, 9.17) is 14.6 Å². The molecule has 2 aromatic rings. The SMILES string of the molecule is Cc1ccc(OCCOc2ccccc2C(=O)O)c(Br)c1. The van der Waals surface area contributed by atoms with Gasteiger partial charge in [0.2, 0.25) is 0 Å². The highest BCUT2D eigenvalue weighted by Crippen LogP contribution is 2.25. The average molecular weight is 351 g/mol. The number of aryl methyl sites for hydroxylation is 1. The van der Waals surface area contributed by atoms with E-state index in [1.54, 1.807) is 18.2 Å². The number of carbonyl (C=O) groups is 1. The predicted octanol–water partition coefficient (Wildman–Crippen LogP) is 3.91. The highest BCUT2D eigenvalue weighted by molar-refractivity contribution is 9.10. The lowest BCUT2D eigenvalue weighted by Crippen LogP contribution is -2.11. The molecule has 0 aliphatic carbocycles. The van der Waals surface area contributed by atoms with Crippen LogP contribution in [-0.4, -0.2) is 24.3 Å². The molecule has 2 rings (SSSR count). The Bertz CT molecular complexity index is 640. The maximum Gasteiger partial charge on any atom is 0.339 e. The van der Waals surface area contributed by atoms with Crippen LogP contribution in [0.25, 0.3) is 0 Å².